The number of methoxy groups -OCH3 is 2. The molecule has 0 aromatic heterocycles. The van der Waals surface area contributed by atoms with Gasteiger partial charge in [0, 0.05) is 4.47 Å². The molecule has 0 saturated carbocycles. The Bertz CT molecular complexity index is 811. The molecule has 0 spiro atoms. The van der Waals surface area contributed by atoms with Crippen molar-refractivity contribution < 1.29 is 19.1 Å². The van der Waals surface area contributed by atoms with E-state index in [1.165, 1.54) is 32.4 Å². The molecule has 5 nitrogen and oxygen atoms in total. The van der Waals surface area contributed by atoms with Gasteiger partial charge in [-0.1, -0.05) is 39.1 Å². The number of halogens is 3. The minimum absolute atomic E-state index is 0.0744. The Morgan fingerprint density at radius 1 is 1.08 bits per heavy atom. The molecule has 1 N–H and O–H groups in total. The average molecular weight is 433 g/mol. The van der Waals surface area contributed by atoms with Crippen molar-refractivity contribution in [2.75, 3.05) is 19.5 Å². The molecule has 2 rings (SSSR count). The molecule has 0 atom stereocenters. The SMILES string of the molecule is COC(=O)c1cc(Br)ccc1NC(=O)c1c(Cl)ccc(Cl)c1OC. The number of carbonyl (C=O) groups is 2. The van der Waals surface area contributed by atoms with Crippen LogP contribution in [0.15, 0.2) is 34.8 Å². The van der Waals surface area contributed by atoms with E-state index in [-0.39, 0.29) is 32.6 Å². The van der Waals surface area contributed by atoms with Crippen molar-refractivity contribution in [2.45, 2.75) is 0 Å². The van der Waals surface area contributed by atoms with Gasteiger partial charge in [0.05, 0.1) is 35.5 Å². The van der Waals surface area contributed by atoms with Crippen LogP contribution in [0.5, 0.6) is 5.75 Å². The topological polar surface area (TPSA) is 64.6 Å². The molecule has 1 amide bonds. The maximum Gasteiger partial charge on any atom is 0.340 e. The fourth-order valence-corrected chi connectivity index (χ4v) is 2.86. The Kier molecular flexibility index (Phi) is 6.10. The molecular formula is C16H12BrCl2NO4. The van der Waals surface area contributed by atoms with Crippen LogP contribution in [0, 0.1) is 0 Å². The van der Waals surface area contributed by atoms with E-state index in [2.05, 4.69) is 21.2 Å². The molecule has 126 valence electrons. The molecule has 0 aliphatic heterocycles. The van der Waals surface area contributed by atoms with Crippen molar-refractivity contribution in [1.82, 2.24) is 0 Å². The third kappa shape index (κ3) is 3.83. The molecule has 24 heavy (non-hydrogen) atoms. The molecular weight excluding hydrogens is 421 g/mol. The summed E-state index contributed by atoms with van der Waals surface area (Å²) in [6, 6.07) is 7.80. The van der Waals surface area contributed by atoms with Crippen LogP contribution in [0.4, 0.5) is 5.69 Å². The van der Waals surface area contributed by atoms with Crippen LogP contribution in [-0.4, -0.2) is 26.1 Å². The van der Waals surface area contributed by atoms with Crippen LogP contribution in [0.25, 0.3) is 0 Å². The molecule has 0 heterocycles. The second-order valence-corrected chi connectivity index (χ2v) is 6.30. The average Bonchev–Trinajstić information content (AvgIpc) is 2.57. The van der Waals surface area contributed by atoms with Gasteiger partial charge in [-0.15, -0.1) is 0 Å². The van der Waals surface area contributed by atoms with Gasteiger partial charge >= 0.3 is 5.97 Å². The molecule has 0 fully saturated rings. The number of carbonyl (C=O) groups excluding carboxylic acids is 2. The molecule has 2 aromatic rings. The van der Waals surface area contributed by atoms with E-state index < -0.39 is 11.9 Å². The first kappa shape index (κ1) is 18.6. The van der Waals surface area contributed by atoms with Crippen LogP contribution < -0.4 is 10.1 Å². The lowest BCUT2D eigenvalue weighted by Crippen LogP contribution is -2.17. The summed E-state index contributed by atoms with van der Waals surface area (Å²) in [6.07, 6.45) is 0. The number of esters is 1. The van der Waals surface area contributed by atoms with Gasteiger partial charge in [-0.3, -0.25) is 4.79 Å². The van der Waals surface area contributed by atoms with E-state index in [0.29, 0.717) is 4.47 Å². The molecule has 8 heteroatoms. The van der Waals surface area contributed by atoms with Gasteiger partial charge in [-0.05, 0) is 30.3 Å². The number of ether oxygens (including phenoxy) is 2. The highest BCUT2D eigenvalue weighted by atomic mass is 79.9. The predicted octanol–water partition coefficient (Wildman–Crippen LogP) is 4.80. The quantitative estimate of drug-likeness (QED) is 0.704. The first-order valence-corrected chi connectivity index (χ1v) is 8.15. The summed E-state index contributed by atoms with van der Waals surface area (Å²) in [5, 5.41) is 3.05. The van der Waals surface area contributed by atoms with E-state index in [0.717, 1.165) is 0 Å². The highest BCUT2D eigenvalue weighted by molar-refractivity contribution is 9.10. The predicted molar refractivity (Wildman–Crippen MR) is 96.4 cm³/mol. The van der Waals surface area contributed by atoms with Gasteiger partial charge in [0.15, 0.2) is 5.75 Å². The van der Waals surface area contributed by atoms with E-state index in [1.807, 2.05) is 0 Å². The van der Waals surface area contributed by atoms with Crippen molar-refractivity contribution in [1.29, 1.82) is 0 Å². The Hall–Kier alpha value is -1.76. The van der Waals surface area contributed by atoms with Gasteiger partial charge in [-0.25, -0.2) is 4.79 Å². The second-order valence-electron chi connectivity index (χ2n) is 4.57. The van der Waals surface area contributed by atoms with Crippen LogP contribution in [0.2, 0.25) is 10.0 Å². The minimum atomic E-state index is -0.587. The fraction of sp³-hybridized carbons (Fsp3) is 0.125. The summed E-state index contributed by atoms with van der Waals surface area (Å²) in [6.45, 7) is 0. The highest BCUT2D eigenvalue weighted by Gasteiger charge is 2.22. The third-order valence-corrected chi connectivity index (χ3v) is 4.23. The van der Waals surface area contributed by atoms with E-state index >= 15 is 0 Å². The lowest BCUT2D eigenvalue weighted by molar-refractivity contribution is 0.0602. The number of anilines is 1. The molecule has 0 bridgehead atoms. The van der Waals surface area contributed by atoms with Crippen LogP contribution in [0.3, 0.4) is 0 Å². The number of amides is 1. The summed E-state index contributed by atoms with van der Waals surface area (Å²) in [5.74, 6) is -0.999. The van der Waals surface area contributed by atoms with Gasteiger partial charge < -0.3 is 14.8 Å². The van der Waals surface area contributed by atoms with Crippen LogP contribution in [-0.2, 0) is 4.74 Å². The van der Waals surface area contributed by atoms with Gasteiger partial charge in [0.25, 0.3) is 5.91 Å². The molecule has 0 unspecified atom stereocenters. The maximum atomic E-state index is 12.6. The van der Waals surface area contributed by atoms with E-state index in [4.69, 9.17) is 32.7 Å². The van der Waals surface area contributed by atoms with Crippen molar-refractivity contribution in [3.63, 3.8) is 0 Å². The fourth-order valence-electron chi connectivity index (χ4n) is 2.03. The Labute approximate surface area is 157 Å². The first-order chi connectivity index (χ1) is 11.4. The van der Waals surface area contributed by atoms with Crippen LogP contribution >= 0.6 is 39.1 Å². The normalized spacial score (nSPS) is 10.2. The van der Waals surface area contributed by atoms with Crippen molar-refractivity contribution in [2.24, 2.45) is 0 Å². The van der Waals surface area contributed by atoms with Crippen molar-refractivity contribution in [3.8, 4) is 5.75 Å². The summed E-state index contributed by atoms with van der Waals surface area (Å²) >= 11 is 15.4. The molecule has 0 aliphatic carbocycles. The molecule has 0 aliphatic rings. The van der Waals surface area contributed by atoms with E-state index in [1.54, 1.807) is 12.1 Å². The summed E-state index contributed by atoms with van der Waals surface area (Å²) in [4.78, 5) is 24.5. The maximum absolute atomic E-state index is 12.6. The zero-order valence-corrected chi connectivity index (χ0v) is 15.8. The Morgan fingerprint density at radius 3 is 2.38 bits per heavy atom. The molecule has 0 radical (unpaired) electrons. The molecule has 2 aromatic carbocycles. The van der Waals surface area contributed by atoms with Gasteiger partial charge in [-0.2, -0.15) is 0 Å². The zero-order valence-electron chi connectivity index (χ0n) is 12.7. The number of benzene rings is 2. The minimum Gasteiger partial charge on any atom is -0.494 e. The number of hydrogen-bond acceptors (Lipinski definition) is 4. The standard InChI is InChI=1S/C16H12BrCl2NO4/c1-23-14-11(19)5-4-10(18)13(14)15(21)20-12-6-3-8(17)7-9(12)16(22)24-2/h3-7H,1-2H3,(H,20,21). The monoisotopic (exact) mass is 431 g/mol. The number of nitrogens with one attached hydrogen (secondary N) is 1. The third-order valence-electron chi connectivity index (χ3n) is 3.13. The van der Waals surface area contributed by atoms with Gasteiger partial charge in [0.1, 0.15) is 5.56 Å². The largest absolute Gasteiger partial charge is 0.494 e. The smallest absolute Gasteiger partial charge is 0.340 e. The van der Waals surface area contributed by atoms with Crippen molar-refractivity contribution in [3.05, 3.63) is 56.0 Å². The Balaban J connectivity index is 2.45. The van der Waals surface area contributed by atoms with Crippen molar-refractivity contribution >= 4 is 56.7 Å². The summed E-state index contributed by atoms with van der Waals surface area (Å²) < 4.78 is 10.5. The zero-order chi connectivity index (χ0) is 17.9. The lowest BCUT2D eigenvalue weighted by atomic mass is 10.1. The summed E-state index contributed by atoms with van der Waals surface area (Å²) in [7, 11) is 2.64. The second kappa shape index (κ2) is 7.88. The number of rotatable bonds is 4. The first-order valence-electron chi connectivity index (χ1n) is 6.60. The summed E-state index contributed by atoms with van der Waals surface area (Å²) in [5.41, 5.74) is 0.538. The van der Waals surface area contributed by atoms with E-state index in [9.17, 15) is 9.59 Å². The molecule has 0 saturated heterocycles. The lowest BCUT2D eigenvalue weighted by Gasteiger charge is -2.14. The highest BCUT2D eigenvalue weighted by Crippen LogP contribution is 2.34. The Morgan fingerprint density at radius 2 is 1.75 bits per heavy atom. The number of hydrogen-bond donors (Lipinski definition) is 1. The van der Waals surface area contributed by atoms with Crippen LogP contribution in [0.1, 0.15) is 20.7 Å². The van der Waals surface area contributed by atoms with Gasteiger partial charge in [0.2, 0.25) is 0 Å².